The number of rotatable bonds is 13. The molecule has 0 spiro atoms. The van der Waals surface area contributed by atoms with Gasteiger partial charge in [-0.3, -0.25) is 19.7 Å². The minimum Gasteiger partial charge on any atom is -0.493 e. The molecular weight excluding hydrogens is 618 g/mol. The predicted molar refractivity (Wildman–Crippen MR) is 178 cm³/mol. The van der Waals surface area contributed by atoms with Crippen LogP contribution in [0.5, 0.6) is 17.2 Å². The topological polar surface area (TPSA) is 159 Å². The highest BCUT2D eigenvalue weighted by Crippen LogP contribution is 2.38. The monoisotopic (exact) mass is 651 g/mol. The summed E-state index contributed by atoms with van der Waals surface area (Å²) in [5.41, 5.74) is 6.99. The Balaban J connectivity index is 1.16. The number of nitrogens with one attached hydrogen (secondary N) is 2. The van der Waals surface area contributed by atoms with Crippen molar-refractivity contribution in [2.75, 3.05) is 19.0 Å². The second kappa shape index (κ2) is 14.8. The number of hydrogen-bond acceptors (Lipinski definition) is 9. The molecule has 0 fully saturated rings. The SMILES string of the molecule is COc1cc(/C=N/NC(=O)c2ccc(COc3ccc(-n4c(C)ccc4C)cc3)o2)cc([N+](=O)[O-])c1OCC(=O)Nc1ccc(C)cc1. The molecule has 5 aromatic rings. The minimum atomic E-state index is -0.670. The van der Waals surface area contributed by atoms with Gasteiger partial charge in [-0.15, -0.1) is 0 Å². The summed E-state index contributed by atoms with van der Waals surface area (Å²) < 4.78 is 24.3. The fraction of sp³-hybridized carbons (Fsp3) is 0.171. The number of aromatic nitrogens is 1. The van der Waals surface area contributed by atoms with Gasteiger partial charge in [-0.2, -0.15) is 5.10 Å². The van der Waals surface area contributed by atoms with Gasteiger partial charge in [-0.05, 0) is 87.5 Å². The largest absolute Gasteiger partial charge is 0.493 e. The van der Waals surface area contributed by atoms with Crippen LogP contribution in [0.15, 0.2) is 94.4 Å². The molecule has 246 valence electrons. The first-order valence-corrected chi connectivity index (χ1v) is 14.8. The summed E-state index contributed by atoms with van der Waals surface area (Å²) in [5.74, 6) is -0.316. The fourth-order valence-electron chi connectivity index (χ4n) is 4.81. The maximum Gasteiger partial charge on any atom is 0.315 e. The van der Waals surface area contributed by atoms with Crippen LogP contribution in [0.1, 0.15) is 38.8 Å². The standard InChI is InChI=1S/C35H33N5O8/c1-22-5-9-26(10-6-22)37-33(41)21-47-34-30(40(43)44)17-25(18-32(34)45-4)19-36-38-35(42)31-16-15-29(48-31)20-46-28-13-11-27(12-14-28)39-23(2)7-8-24(39)3/h5-19H,20-21H2,1-4H3,(H,37,41)(H,38,42)/b36-19+. The smallest absolute Gasteiger partial charge is 0.315 e. The van der Waals surface area contributed by atoms with E-state index in [0.29, 0.717) is 17.2 Å². The predicted octanol–water partition coefficient (Wildman–Crippen LogP) is 6.27. The number of methoxy groups -OCH3 is 1. The number of anilines is 1. The summed E-state index contributed by atoms with van der Waals surface area (Å²) in [6, 6.07) is 24.6. The molecule has 0 saturated heterocycles. The lowest BCUT2D eigenvalue weighted by Crippen LogP contribution is -2.20. The Kier molecular flexibility index (Phi) is 10.2. The van der Waals surface area contributed by atoms with Gasteiger partial charge in [0.15, 0.2) is 18.1 Å². The molecule has 0 radical (unpaired) electrons. The van der Waals surface area contributed by atoms with Crippen molar-refractivity contribution in [3.8, 4) is 22.9 Å². The van der Waals surface area contributed by atoms with Gasteiger partial charge in [-0.25, -0.2) is 5.43 Å². The molecule has 0 bridgehead atoms. The zero-order valence-electron chi connectivity index (χ0n) is 26.7. The fourth-order valence-corrected chi connectivity index (χ4v) is 4.81. The van der Waals surface area contributed by atoms with Crippen LogP contribution >= 0.6 is 0 Å². The number of nitro groups is 1. The van der Waals surface area contributed by atoms with Crippen LogP contribution in [0.4, 0.5) is 11.4 Å². The number of furan rings is 1. The third-order valence-corrected chi connectivity index (χ3v) is 7.17. The first-order chi connectivity index (χ1) is 23.1. The molecule has 2 N–H and O–H groups in total. The second-order valence-electron chi connectivity index (χ2n) is 10.7. The average molecular weight is 652 g/mol. The van der Waals surface area contributed by atoms with Crippen molar-refractivity contribution in [3.63, 3.8) is 0 Å². The average Bonchev–Trinajstić information content (AvgIpc) is 3.69. The molecular formula is C35H33N5O8. The number of aryl methyl sites for hydroxylation is 3. The normalized spacial score (nSPS) is 10.9. The molecule has 13 heteroatoms. The number of amides is 2. The highest BCUT2D eigenvalue weighted by atomic mass is 16.6. The summed E-state index contributed by atoms with van der Waals surface area (Å²) in [4.78, 5) is 36.2. The Morgan fingerprint density at radius 3 is 2.31 bits per heavy atom. The summed E-state index contributed by atoms with van der Waals surface area (Å²) in [6.45, 7) is 5.61. The van der Waals surface area contributed by atoms with Crippen molar-refractivity contribution in [2.45, 2.75) is 27.4 Å². The van der Waals surface area contributed by atoms with Gasteiger partial charge >= 0.3 is 11.6 Å². The summed E-state index contributed by atoms with van der Waals surface area (Å²) in [7, 11) is 1.31. The minimum absolute atomic E-state index is 0.000349. The number of benzene rings is 3. The van der Waals surface area contributed by atoms with Crippen molar-refractivity contribution in [2.24, 2.45) is 5.10 Å². The third-order valence-electron chi connectivity index (χ3n) is 7.17. The number of hydrazone groups is 1. The van der Waals surface area contributed by atoms with Crippen LogP contribution in [-0.4, -0.2) is 41.2 Å². The molecule has 0 aliphatic rings. The molecule has 0 saturated carbocycles. The van der Waals surface area contributed by atoms with E-state index in [0.717, 1.165) is 22.6 Å². The lowest BCUT2D eigenvalue weighted by atomic mass is 10.2. The van der Waals surface area contributed by atoms with Crippen LogP contribution < -0.4 is 25.0 Å². The third kappa shape index (κ3) is 8.07. The van der Waals surface area contributed by atoms with Crippen molar-refractivity contribution in [1.29, 1.82) is 0 Å². The zero-order chi connectivity index (χ0) is 34.2. The Morgan fingerprint density at radius 2 is 1.65 bits per heavy atom. The number of ether oxygens (including phenoxy) is 3. The van der Waals surface area contributed by atoms with E-state index in [1.54, 1.807) is 18.2 Å². The number of carbonyl (C=O) groups excluding carboxylic acids is 2. The van der Waals surface area contributed by atoms with E-state index in [2.05, 4.69) is 32.5 Å². The van der Waals surface area contributed by atoms with E-state index in [-0.39, 0.29) is 29.4 Å². The second-order valence-corrected chi connectivity index (χ2v) is 10.7. The van der Waals surface area contributed by atoms with Crippen LogP contribution in [0.3, 0.4) is 0 Å². The van der Waals surface area contributed by atoms with E-state index in [1.807, 2.05) is 57.2 Å². The lowest BCUT2D eigenvalue weighted by molar-refractivity contribution is -0.385. The van der Waals surface area contributed by atoms with E-state index < -0.39 is 29.0 Å². The van der Waals surface area contributed by atoms with Gasteiger partial charge in [0.2, 0.25) is 5.75 Å². The van der Waals surface area contributed by atoms with Crippen molar-refractivity contribution >= 4 is 29.4 Å². The summed E-state index contributed by atoms with van der Waals surface area (Å²) in [6.07, 6.45) is 1.20. The van der Waals surface area contributed by atoms with Gasteiger partial charge in [0.25, 0.3) is 5.91 Å². The van der Waals surface area contributed by atoms with Gasteiger partial charge in [0, 0.05) is 34.4 Å². The number of nitrogens with zero attached hydrogens (tertiary/aromatic N) is 3. The van der Waals surface area contributed by atoms with Crippen LogP contribution in [0.2, 0.25) is 0 Å². The van der Waals surface area contributed by atoms with Crippen molar-refractivity contribution in [1.82, 2.24) is 9.99 Å². The van der Waals surface area contributed by atoms with Crippen LogP contribution in [-0.2, 0) is 11.4 Å². The van der Waals surface area contributed by atoms with Gasteiger partial charge in [0.05, 0.1) is 18.2 Å². The molecule has 0 atom stereocenters. The van der Waals surface area contributed by atoms with Gasteiger partial charge in [0.1, 0.15) is 18.1 Å². The molecule has 0 aliphatic carbocycles. The molecule has 3 aromatic carbocycles. The maximum absolute atomic E-state index is 12.6. The number of carbonyl (C=O) groups is 2. The Morgan fingerprint density at radius 1 is 0.938 bits per heavy atom. The van der Waals surface area contributed by atoms with E-state index in [9.17, 15) is 19.7 Å². The summed E-state index contributed by atoms with van der Waals surface area (Å²) in [5, 5.41) is 18.4. The Labute approximate surface area is 275 Å². The molecule has 5 rings (SSSR count). The summed E-state index contributed by atoms with van der Waals surface area (Å²) >= 11 is 0. The zero-order valence-corrected chi connectivity index (χ0v) is 26.7. The Hall–Kier alpha value is -6.37. The van der Waals surface area contributed by atoms with Crippen LogP contribution in [0, 0.1) is 30.9 Å². The molecule has 0 unspecified atom stereocenters. The Bertz CT molecular complexity index is 1940. The van der Waals surface area contributed by atoms with E-state index >= 15 is 0 Å². The lowest BCUT2D eigenvalue weighted by Gasteiger charge is -2.12. The molecule has 2 aromatic heterocycles. The first-order valence-electron chi connectivity index (χ1n) is 14.8. The maximum atomic E-state index is 12.6. The van der Waals surface area contributed by atoms with Crippen molar-refractivity contribution in [3.05, 3.63) is 129 Å². The molecule has 2 amide bonds. The molecule has 0 aliphatic heterocycles. The van der Waals surface area contributed by atoms with Crippen molar-refractivity contribution < 1.29 is 33.1 Å². The molecule has 48 heavy (non-hydrogen) atoms. The van der Waals surface area contributed by atoms with Gasteiger partial charge < -0.3 is 28.5 Å². The molecule has 13 nitrogen and oxygen atoms in total. The van der Waals surface area contributed by atoms with Crippen LogP contribution in [0.25, 0.3) is 5.69 Å². The number of nitro benzene ring substituents is 1. The highest BCUT2D eigenvalue weighted by molar-refractivity contribution is 5.93. The van der Waals surface area contributed by atoms with E-state index in [1.165, 1.54) is 31.5 Å². The quantitative estimate of drug-likeness (QED) is 0.0856. The highest BCUT2D eigenvalue weighted by Gasteiger charge is 2.23. The first kappa shape index (κ1) is 33.0. The van der Waals surface area contributed by atoms with E-state index in [4.69, 9.17) is 18.6 Å². The van der Waals surface area contributed by atoms with Gasteiger partial charge in [-0.1, -0.05) is 17.7 Å². The molecule has 2 heterocycles. The number of hydrogen-bond donors (Lipinski definition) is 2.